The maximum Gasteiger partial charge on any atom is 0.364 e. The van der Waals surface area contributed by atoms with Gasteiger partial charge in [-0.2, -0.15) is 0 Å². The van der Waals surface area contributed by atoms with Gasteiger partial charge in [-0.3, -0.25) is 4.79 Å². The average Bonchev–Trinajstić information content (AvgIpc) is 2.39. The lowest BCUT2D eigenvalue weighted by atomic mass is 9.89. The zero-order valence-corrected chi connectivity index (χ0v) is 11.1. The molecular weight excluding hydrogens is 293 g/mol. The van der Waals surface area contributed by atoms with Crippen LogP contribution < -0.4 is 5.32 Å². The molecule has 10 heteroatoms. The zero-order chi connectivity index (χ0) is 16.4. The van der Waals surface area contributed by atoms with E-state index in [4.69, 9.17) is 14.9 Å². The highest BCUT2D eigenvalue weighted by Gasteiger charge is 2.54. The van der Waals surface area contributed by atoms with Crippen molar-refractivity contribution in [2.75, 3.05) is 6.61 Å². The van der Waals surface area contributed by atoms with Gasteiger partial charge >= 0.3 is 5.97 Å². The van der Waals surface area contributed by atoms with Crippen molar-refractivity contribution in [3.05, 3.63) is 0 Å². The Labute approximate surface area is 119 Å². The summed E-state index contributed by atoms with van der Waals surface area (Å²) in [5, 5.41) is 49.1. The summed E-state index contributed by atoms with van der Waals surface area (Å²) < 4.78 is 18.2. The number of rotatable bonds is 5. The minimum absolute atomic E-state index is 0.639. The van der Waals surface area contributed by atoms with E-state index in [2.05, 4.69) is 5.32 Å². The number of alkyl halides is 1. The molecule has 6 N–H and O–H groups in total. The number of aliphatic carboxylic acids is 1. The SMILES string of the molecule is CC(=O)N[C@H]1[C@H]([C@H](O)[C@H](F)CO)O[C@](O)(C(=O)O)C[C@@H]1O. The second-order valence-electron chi connectivity index (χ2n) is 4.86. The number of aliphatic hydroxyl groups excluding tert-OH is 3. The van der Waals surface area contributed by atoms with Crippen molar-refractivity contribution in [3.8, 4) is 0 Å². The number of nitrogens with one attached hydrogen (secondary N) is 1. The topological polar surface area (TPSA) is 157 Å². The Hall–Kier alpha value is -1.33. The molecule has 1 fully saturated rings. The summed E-state index contributed by atoms with van der Waals surface area (Å²) >= 11 is 0. The van der Waals surface area contributed by atoms with Crippen LogP contribution in [0.1, 0.15) is 13.3 Å². The van der Waals surface area contributed by atoms with Gasteiger partial charge in [-0.25, -0.2) is 9.18 Å². The van der Waals surface area contributed by atoms with E-state index in [0.717, 1.165) is 6.92 Å². The van der Waals surface area contributed by atoms with Gasteiger partial charge in [0.1, 0.15) is 12.2 Å². The molecule has 0 aromatic rings. The fraction of sp³-hybridized carbons (Fsp3) is 0.818. The van der Waals surface area contributed by atoms with Crippen molar-refractivity contribution in [1.29, 1.82) is 0 Å². The van der Waals surface area contributed by atoms with Crippen molar-refractivity contribution in [1.82, 2.24) is 5.32 Å². The van der Waals surface area contributed by atoms with Gasteiger partial charge in [-0.15, -0.1) is 0 Å². The first-order chi connectivity index (χ1) is 9.62. The van der Waals surface area contributed by atoms with Crippen molar-refractivity contribution in [2.45, 2.75) is 49.7 Å². The molecular formula is C11H18FNO8. The van der Waals surface area contributed by atoms with E-state index in [9.17, 15) is 29.3 Å². The van der Waals surface area contributed by atoms with Crippen molar-refractivity contribution in [3.63, 3.8) is 0 Å². The van der Waals surface area contributed by atoms with Crippen LogP contribution >= 0.6 is 0 Å². The first kappa shape index (κ1) is 17.7. The normalized spacial score (nSPS) is 35.8. The molecule has 0 unspecified atom stereocenters. The third kappa shape index (κ3) is 3.86. The van der Waals surface area contributed by atoms with Gasteiger partial charge in [0.15, 0.2) is 6.17 Å². The Kier molecular flexibility index (Phi) is 5.59. The number of carboxylic acids is 1. The summed E-state index contributed by atoms with van der Waals surface area (Å²) in [6, 6.07) is -1.35. The van der Waals surface area contributed by atoms with Crippen LogP contribution in [0, 0.1) is 0 Å². The van der Waals surface area contributed by atoms with Crippen molar-refractivity contribution in [2.24, 2.45) is 0 Å². The molecule has 1 aliphatic heterocycles. The number of halogens is 1. The van der Waals surface area contributed by atoms with Crippen LogP contribution in [-0.2, 0) is 14.3 Å². The largest absolute Gasteiger partial charge is 0.477 e. The molecule has 1 heterocycles. The highest BCUT2D eigenvalue weighted by atomic mass is 19.1. The molecule has 1 amide bonds. The molecule has 0 aromatic carbocycles. The van der Waals surface area contributed by atoms with E-state index in [1.807, 2.05) is 0 Å². The standard InChI is InChI=1S/C11H18FNO8/c1-4(15)13-7-6(16)2-11(20,10(18)19)21-9(7)8(17)5(12)3-14/h5-9,14,16-17,20H,2-3H2,1H3,(H,13,15)(H,18,19)/t5-,6+,7-,8-,9-,11+/m1/s1. The third-order valence-electron chi connectivity index (χ3n) is 3.17. The number of carbonyl (C=O) groups is 2. The number of amides is 1. The van der Waals surface area contributed by atoms with Crippen LogP contribution in [0.25, 0.3) is 0 Å². The molecule has 0 aliphatic carbocycles. The molecule has 0 saturated carbocycles. The minimum atomic E-state index is -2.84. The maximum atomic E-state index is 13.4. The Morgan fingerprint density at radius 3 is 2.52 bits per heavy atom. The van der Waals surface area contributed by atoms with E-state index >= 15 is 0 Å². The van der Waals surface area contributed by atoms with Gasteiger partial charge in [0.05, 0.1) is 18.8 Å². The fourth-order valence-corrected chi connectivity index (χ4v) is 2.12. The smallest absolute Gasteiger partial charge is 0.364 e. The predicted octanol–water partition coefficient (Wildman–Crippen LogP) is -2.89. The van der Waals surface area contributed by atoms with Crippen LogP contribution in [-0.4, -0.2) is 80.3 Å². The van der Waals surface area contributed by atoms with Crippen LogP contribution in [0.15, 0.2) is 0 Å². The minimum Gasteiger partial charge on any atom is -0.477 e. The monoisotopic (exact) mass is 311 g/mol. The van der Waals surface area contributed by atoms with Gasteiger partial charge < -0.3 is 35.6 Å². The maximum absolute atomic E-state index is 13.4. The molecule has 9 nitrogen and oxygen atoms in total. The number of aliphatic hydroxyl groups is 4. The fourth-order valence-electron chi connectivity index (χ4n) is 2.12. The number of hydrogen-bond donors (Lipinski definition) is 6. The summed E-state index contributed by atoms with van der Waals surface area (Å²) in [6.45, 7) is 0.00252. The quantitative estimate of drug-likeness (QED) is 0.316. The highest BCUT2D eigenvalue weighted by Crippen LogP contribution is 2.30. The number of carboxylic acid groups (broad SMARTS) is 1. The molecule has 122 valence electrons. The number of ether oxygens (including phenoxy) is 1. The summed E-state index contributed by atoms with van der Waals surface area (Å²) in [4.78, 5) is 22.0. The van der Waals surface area contributed by atoms with Crippen LogP contribution in [0.4, 0.5) is 4.39 Å². The number of carbonyl (C=O) groups excluding carboxylic acids is 1. The van der Waals surface area contributed by atoms with Gasteiger partial charge in [0.2, 0.25) is 5.91 Å². The van der Waals surface area contributed by atoms with Crippen LogP contribution in [0.2, 0.25) is 0 Å². The average molecular weight is 311 g/mol. The Balaban J connectivity index is 3.07. The van der Waals surface area contributed by atoms with Gasteiger partial charge in [-0.05, 0) is 0 Å². The van der Waals surface area contributed by atoms with E-state index in [0.29, 0.717) is 0 Å². The zero-order valence-electron chi connectivity index (χ0n) is 11.1. The van der Waals surface area contributed by atoms with E-state index < -0.39 is 61.2 Å². The molecule has 21 heavy (non-hydrogen) atoms. The van der Waals surface area contributed by atoms with Crippen molar-refractivity contribution >= 4 is 11.9 Å². The Morgan fingerprint density at radius 2 is 2.10 bits per heavy atom. The molecule has 0 bridgehead atoms. The van der Waals surface area contributed by atoms with Gasteiger partial charge in [0, 0.05) is 13.3 Å². The Morgan fingerprint density at radius 1 is 1.52 bits per heavy atom. The first-order valence-electron chi connectivity index (χ1n) is 6.14. The molecule has 1 rings (SSSR count). The summed E-state index contributed by atoms with van der Waals surface area (Å²) in [5.41, 5.74) is 0. The Bertz CT molecular complexity index is 408. The van der Waals surface area contributed by atoms with E-state index in [-0.39, 0.29) is 0 Å². The lowest BCUT2D eigenvalue weighted by molar-refractivity contribution is -0.293. The molecule has 0 spiro atoms. The third-order valence-corrected chi connectivity index (χ3v) is 3.17. The summed E-state index contributed by atoms with van der Waals surface area (Å²) in [5.74, 6) is -5.31. The van der Waals surface area contributed by atoms with Gasteiger partial charge in [0.25, 0.3) is 5.79 Å². The predicted molar refractivity (Wildman–Crippen MR) is 63.7 cm³/mol. The van der Waals surface area contributed by atoms with Crippen molar-refractivity contribution < 1.29 is 44.2 Å². The second-order valence-corrected chi connectivity index (χ2v) is 4.86. The molecule has 1 saturated heterocycles. The van der Waals surface area contributed by atoms with E-state index in [1.165, 1.54) is 0 Å². The second kappa shape index (κ2) is 6.62. The lowest BCUT2D eigenvalue weighted by Gasteiger charge is -2.44. The van der Waals surface area contributed by atoms with Gasteiger partial charge in [-0.1, -0.05) is 0 Å². The number of hydrogen-bond acceptors (Lipinski definition) is 7. The van der Waals surface area contributed by atoms with Crippen LogP contribution in [0.5, 0.6) is 0 Å². The highest BCUT2D eigenvalue weighted by molar-refractivity contribution is 5.76. The first-order valence-corrected chi connectivity index (χ1v) is 6.14. The summed E-state index contributed by atoms with van der Waals surface area (Å²) in [6.07, 6.45) is -8.43. The lowest BCUT2D eigenvalue weighted by Crippen LogP contribution is -2.67. The molecule has 0 aromatic heterocycles. The molecule has 0 radical (unpaired) electrons. The molecule has 6 atom stereocenters. The summed E-state index contributed by atoms with van der Waals surface area (Å²) in [7, 11) is 0. The van der Waals surface area contributed by atoms with Crippen LogP contribution in [0.3, 0.4) is 0 Å². The molecule has 1 aliphatic rings. The van der Waals surface area contributed by atoms with E-state index in [1.54, 1.807) is 0 Å².